The number of benzene rings is 1. The first-order valence-corrected chi connectivity index (χ1v) is 5.94. The van der Waals surface area contributed by atoms with Crippen molar-refractivity contribution in [3.8, 4) is 0 Å². The van der Waals surface area contributed by atoms with Crippen molar-refractivity contribution >= 4 is 5.91 Å². The van der Waals surface area contributed by atoms with E-state index in [-0.39, 0.29) is 17.9 Å². The summed E-state index contributed by atoms with van der Waals surface area (Å²) in [7, 11) is 1.69. The molecule has 1 fully saturated rings. The van der Waals surface area contributed by atoms with Gasteiger partial charge in [-0.1, -0.05) is 6.07 Å². The van der Waals surface area contributed by atoms with Gasteiger partial charge in [-0.3, -0.25) is 4.79 Å². The van der Waals surface area contributed by atoms with E-state index in [4.69, 9.17) is 0 Å². The van der Waals surface area contributed by atoms with Gasteiger partial charge >= 0.3 is 0 Å². The number of carbonyl (C=O) groups excluding carboxylic acids is 1. The standard InChI is InChI=1S/C13H16F2N2O/c1-16-7-12(18)17-8-13(4-5-13)10-3-2-9(14)6-11(10)15/h2-3,6,16H,4-5,7-8H2,1H3,(H,17,18). The molecular formula is C13H16F2N2O. The van der Waals surface area contributed by atoms with E-state index < -0.39 is 11.6 Å². The third-order valence-electron chi connectivity index (χ3n) is 3.32. The quantitative estimate of drug-likeness (QED) is 0.832. The molecule has 1 amide bonds. The van der Waals surface area contributed by atoms with Gasteiger partial charge in [0.1, 0.15) is 11.6 Å². The van der Waals surface area contributed by atoms with Gasteiger partial charge < -0.3 is 10.6 Å². The smallest absolute Gasteiger partial charge is 0.233 e. The highest BCUT2D eigenvalue weighted by Crippen LogP contribution is 2.48. The minimum atomic E-state index is -0.578. The van der Waals surface area contributed by atoms with Crippen LogP contribution in [-0.4, -0.2) is 26.0 Å². The Morgan fingerprint density at radius 2 is 2.11 bits per heavy atom. The van der Waals surface area contributed by atoms with Gasteiger partial charge in [0.05, 0.1) is 6.54 Å². The molecule has 0 heterocycles. The van der Waals surface area contributed by atoms with Crippen molar-refractivity contribution in [1.29, 1.82) is 0 Å². The van der Waals surface area contributed by atoms with E-state index >= 15 is 0 Å². The molecule has 1 saturated carbocycles. The van der Waals surface area contributed by atoms with Crippen LogP contribution in [0.1, 0.15) is 18.4 Å². The zero-order valence-electron chi connectivity index (χ0n) is 10.2. The van der Waals surface area contributed by atoms with Gasteiger partial charge in [-0.05, 0) is 31.5 Å². The second-order valence-electron chi connectivity index (χ2n) is 4.71. The van der Waals surface area contributed by atoms with Crippen LogP contribution in [0, 0.1) is 11.6 Å². The summed E-state index contributed by atoms with van der Waals surface area (Å²) in [5.41, 5.74) is 0.148. The molecule has 98 valence electrons. The van der Waals surface area contributed by atoms with Gasteiger partial charge in [0.15, 0.2) is 0 Å². The first-order chi connectivity index (χ1) is 8.57. The predicted molar refractivity (Wildman–Crippen MR) is 64.2 cm³/mol. The monoisotopic (exact) mass is 254 g/mol. The van der Waals surface area contributed by atoms with Crippen LogP contribution >= 0.6 is 0 Å². The summed E-state index contributed by atoms with van der Waals surface area (Å²) in [6.07, 6.45) is 1.63. The van der Waals surface area contributed by atoms with Crippen molar-refractivity contribution in [3.05, 3.63) is 35.4 Å². The highest BCUT2D eigenvalue weighted by Gasteiger charge is 2.46. The molecule has 1 aliphatic rings. The molecule has 0 bridgehead atoms. The second kappa shape index (κ2) is 5.02. The van der Waals surface area contributed by atoms with Crippen LogP contribution in [0.4, 0.5) is 8.78 Å². The molecule has 0 spiro atoms. The Hall–Kier alpha value is -1.49. The van der Waals surface area contributed by atoms with Gasteiger partial charge in [-0.15, -0.1) is 0 Å². The summed E-state index contributed by atoms with van der Waals surface area (Å²) in [5.74, 6) is -1.23. The fourth-order valence-corrected chi connectivity index (χ4v) is 2.10. The summed E-state index contributed by atoms with van der Waals surface area (Å²) in [5, 5.41) is 5.51. The van der Waals surface area contributed by atoms with Crippen LogP contribution in [0.3, 0.4) is 0 Å². The summed E-state index contributed by atoms with van der Waals surface area (Å²) in [6, 6.07) is 3.63. The summed E-state index contributed by atoms with van der Waals surface area (Å²) < 4.78 is 26.5. The lowest BCUT2D eigenvalue weighted by Gasteiger charge is -2.17. The minimum absolute atomic E-state index is 0.119. The number of likely N-dealkylation sites (N-methyl/N-ethyl adjacent to an activating group) is 1. The lowest BCUT2D eigenvalue weighted by Crippen LogP contribution is -2.37. The molecule has 2 rings (SSSR count). The number of hydrogen-bond acceptors (Lipinski definition) is 2. The molecule has 0 radical (unpaired) electrons. The molecule has 3 nitrogen and oxygen atoms in total. The Kier molecular flexibility index (Phi) is 3.61. The third-order valence-corrected chi connectivity index (χ3v) is 3.32. The molecule has 2 N–H and O–H groups in total. The van der Waals surface area contributed by atoms with E-state index in [1.165, 1.54) is 12.1 Å². The molecule has 1 aliphatic carbocycles. The van der Waals surface area contributed by atoms with Crippen LogP contribution in [0.2, 0.25) is 0 Å². The van der Waals surface area contributed by atoms with Crippen LogP contribution < -0.4 is 10.6 Å². The molecule has 1 aromatic carbocycles. The number of carbonyl (C=O) groups is 1. The van der Waals surface area contributed by atoms with Crippen LogP contribution in [-0.2, 0) is 10.2 Å². The van der Waals surface area contributed by atoms with E-state index in [9.17, 15) is 13.6 Å². The molecule has 18 heavy (non-hydrogen) atoms. The second-order valence-corrected chi connectivity index (χ2v) is 4.71. The van der Waals surface area contributed by atoms with E-state index in [1.807, 2.05) is 0 Å². The van der Waals surface area contributed by atoms with Gasteiger partial charge in [0, 0.05) is 18.0 Å². The van der Waals surface area contributed by atoms with Gasteiger partial charge in [0.2, 0.25) is 5.91 Å². The minimum Gasteiger partial charge on any atom is -0.354 e. The lowest BCUT2D eigenvalue weighted by atomic mass is 9.95. The molecule has 0 atom stereocenters. The summed E-state index contributed by atoms with van der Waals surface area (Å²) in [6.45, 7) is 0.637. The Balaban J connectivity index is 2.05. The summed E-state index contributed by atoms with van der Waals surface area (Å²) in [4.78, 5) is 11.4. The van der Waals surface area contributed by atoms with E-state index in [0.29, 0.717) is 12.1 Å². The Bertz CT molecular complexity index is 458. The van der Waals surface area contributed by atoms with Crippen LogP contribution in [0.5, 0.6) is 0 Å². The van der Waals surface area contributed by atoms with E-state index in [2.05, 4.69) is 10.6 Å². The predicted octanol–water partition coefficient (Wildman–Crippen LogP) is 1.33. The molecule has 5 heteroatoms. The lowest BCUT2D eigenvalue weighted by molar-refractivity contribution is -0.120. The first kappa shape index (κ1) is 13.0. The average molecular weight is 254 g/mol. The maximum atomic E-state index is 13.7. The maximum absolute atomic E-state index is 13.7. The Morgan fingerprint density at radius 1 is 1.39 bits per heavy atom. The number of amides is 1. The SMILES string of the molecule is CNCC(=O)NCC1(c2ccc(F)cc2F)CC1. The molecule has 0 saturated heterocycles. The molecule has 0 aromatic heterocycles. The Labute approximate surface area is 105 Å². The topological polar surface area (TPSA) is 41.1 Å². The van der Waals surface area contributed by atoms with E-state index in [0.717, 1.165) is 18.9 Å². The van der Waals surface area contributed by atoms with Crippen molar-refractivity contribution in [2.75, 3.05) is 20.1 Å². The molecular weight excluding hydrogens is 238 g/mol. The van der Waals surface area contributed by atoms with Gasteiger partial charge in [0.25, 0.3) is 0 Å². The first-order valence-electron chi connectivity index (χ1n) is 5.94. The number of hydrogen-bond donors (Lipinski definition) is 2. The highest BCUT2D eigenvalue weighted by atomic mass is 19.1. The van der Waals surface area contributed by atoms with Crippen molar-refractivity contribution in [2.45, 2.75) is 18.3 Å². The van der Waals surface area contributed by atoms with Crippen LogP contribution in [0.15, 0.2) is 18.2 Å². The zero-order valence-corrected chi connectivity index (χ0v) is 10.2. The molecule has 0 unspecified atom stereocenters. The highest BCUT2D eigenvalue weighted by molar-refractivity contribution is 5.78. The van der Waals surface area contributed by atoms with Gasteiger partial charge in [-0.2, -0.15) is 0 Å². The molecule has 1 aromatic rings. The van der Waals surface area contributed by atoms with Crippen molar-refractivity contribution in [3.63, 3.8) is 0 Å². The Morgan fingerprint density at radius 3 is 2.67 bits per heavy atom. The van der Waals surface area contributed by atoms with Crippen LogP contribution in [0.25, 0.3) is 0 Å². The average Bonchev–Trinajstić information content (AvgIpc) is 3.08. The van der Waals surface area contributed by atoms with E-state index in [1.54, 1.807) is 7.05 Å². The number of nitrogens with one attached hydrogen (secondary N) is 2. The number of rotatable bonds is 5. The fourth-order valence-electron chi connectivity index (χ4n) is 2.10. The largest absolute Gasteiger partial charge is 0.354 e. The zero-order chi connectivity index (χ0) is 13.2. The number of halogens is 2. The van der Waals surface area contributed by atoms with Crippen molar-refractivity contribution < 1.29 is 13.6 Å². The molecule has 0 aliphatic heterocycles. The van der Waals surface area contributed by atoms with Crippen molar-refractivity contribution in [2.24, 2.45) is 0 Å². The summed E-state index contributed by atoms with van der Waals surface area (Å²) >= 11 is 0. The maximum Gasteiger partial charge on any atom is 0.233 e. The fraction of sp³-hybridized carbons (Fsp3) is 0.462. The normalized spacial score (nSPS) is 16.4. The third kappa shape index (κ3) is 2.67. The van der Waals surface area contributed by atoms with Crippen molar-refractivity contribution in [1.82, 2.24) is 10.6 Å². The van der Waals surface area contributed by atoms with Gasteiger partial charge in [-0.25, -0.2) is 8.78 Å².